The molecule has 5 N–H and O–H groups in total. The van der Waals surface area contributed by atoms with E-state index in [1.807, 2.05) is 0 Å². The van der Waals surface area contributed by atoms with Crippen LogP contribution in [-0.2, 0) is 6.42 Å². The lowest BCUT2D eigenvalue weighted by molar-refractivity contribution is -0.0447. The molecule has 0 bridgehead atoms. The second-order valence-corrected chi connectivity index (χ2v) is 5.59. The molecule has 3 rings (SSSR count). The van der Waals surface area contributed by atoms with Gasteiger partial charge in [-0.25, -0.2) is 0 Å². The van der Waals surface area contributed by atoms with Crippen LogP contribution in [0.5, 0.6) is 17.2 Å². The van der Waals surface area contributed by atoms with Crippen LogP contribution in [0.1, 0.15) is 43.8 Å². The molecule has 1 aliphatic carbocycles. The molecule has 2 aromatic rings. The molecule has 24 heavy (non-hydrogen) atoms. The lowest BCUT2D eigenvalue weighted by Crippen LogP contribution is -2.21. The Labute approximate surface area is 136 Å². The highest BCUT2D eigenvalue weighted by Gasteiger charge is 2.33. The molecule has 0 amide bonds. The molecular formula is C17H14O7. The number of carbonyl (C=O) groups excluding carboxylic acids is 2. The maximum Gasteiger partial charge on any atom is 0.198 e. The van der Waals surface area contributed by atoms with E-state index in [0.29, 0.717) is 0 Å². The van der Waals surface area contributed by atoms with Gasteiger partial charge in [-0.2, -0.15) is 0 Å². The van der Waals surface area contributed by atoms with E-state index in [0.717, 1.165) is 18.2 Å². The van der Waals surface area contributed by atoms with Gasteiger partial charge in [0.15, 0.2) is 17.9 Å². The smallest absolute Gasteiger partial charge is 0.198 e. The molecule has 1 aliphatic rings. The van der Waals surface area contributed by atoms with Crippen molar-refractivity contribution in [3.8, 4) is 17.2 Å². The van der Waals surface area contributed by atoms with Crippen molar-refractivity contribution in [1.29, 1.82) is 0 Å². The predicted octanol–water partition coefficient (Wildman–Crippen LogP) is 0.822. The SMILES string of the molecule is O=C1c2cc(O)c(CCC(O)O)cc2C(=O)c2c(O)cc(O)cc21. The van der Waals surface area contributed by atoms with E-state index in [1.165, 1.54) is 6.07 Å². The van der Waals surface area contributed by atoms with Gasteiger partial charge in [-0.1, -0.05) is 0 Å². The van der Waals surface area contributed by atoms with Crippen molar-refractivity contribution in [3.05, 3.63) is 52.1 Å². The fourth-order valence-corrected chi connectivity index (χ4v) is 2.80. The van der Waals surface area contributed by atoms with Crippen LogP contribution in [0, 0.1) is 0 Å². The third kappa shape index (κ3) is 2.49. The summed E-state index contributed by atoms with van der Waals surface area (Å²) in [6.45, 7) is 0. The maximum absolute atomic E-state index is 12.6. The number of phenolic OH excluding ortho intramolecular Hbond substituents is 3. The number of rotatable bonds is 3. The molecule has 0 saturated heterocycles. The molecule has 0 saturated carbocycles. The average molecular weight is 330 g/mol. The van der Waals surface area contributed by atoms with E-state index in [4.69, 9.17) is 10.2 Å². The van der Waals surface area contributed by atoms with E-state index in [9.17, 15) is 24.9 Å². The Bertz CT molecular complexity index is 868. The summed E-state index contributed by atoms with van der Waals surface area (Å²) in [5, 5.41) is 47.3. The van der Waals surface area contributed by atoms with E-state index < -0.39 is 23.6 Å². The van der Waals surface area contributed by atoms with Gasteiger partial charge in [0.1, 0.15) is 17.2 Å². The number of hydrogen-bond donors (Lipinski definition) is 5. The topological polar surface area (TPSA) is 135 Å². The second kappa shape index (κ2) is 5.63. The number of benzene rings is 2. The first-order chi connectivity index (χ1) is 11.3. The number of aliphatic hydroxyl groups excluding tert-OH is 1. The van der Waals surface area contributed by atoms with E-state index in [2.05, 4.69) is 0 Å². The Balaban J connectivity index is 2.14. The van der Waals surface area contributed by atoms with Crippen molar-refractivity contribution >= 4 is 11.6 Å². The molecule has 0 aliphatic heterocycles. The van der Waals surface area contributed by atoms with Crippen LogP contribution in [0.2, 0.25) is 0 Å². The van der Waals surface area contributed by atoms with Gasteiger partial charge in [0.05, 0.1) is 5.56 Å². The van der Waals surface area contributed by atoms with Crippen LogP contribution in [-0.4, -0.2) is 43.4 Å². The Kier molecular flexibility index (Phi) is 3.75. The molecule has 0 aromatic heterocycles. The summed E-state index contributed by atoms with van der Waals surface area (Å²) < 4.78 is 0. The number of aryl methyl sites for hydroxylation is 1. The monoisotopic (exact) mass is 330 g/mol. The summed E-state index contributed by atoms with van der Waals surface area (Å²) in [5.41, 5.74) is -0.0891. The zero-order chi connectivity index (χ0) is 17.6. The molecule has 0 fully saturated rings. The number of fused-ring (bicyclic) bond motifs is 2. The van der Waals surface area contributed by atoms with Crippen LogP contribution in [0.4, 0.5) is 0 Å². The molecular weight excluding hydrogens is 316 g/mol. The molecule has 0 spiro atoms. The van der Waals surface area contributed by atoms with Gasteiger partial charge in [0.2, 0.25) is 0 Å². The van der Waals surface area contributed by atoms with Crippen LogP contribution in [0.3, 0.4) is 0 Å². The molecule has 124 valence electrons. The third-order valence-corrected chi connectivity index (χ3v) is 3.95. The van der Waals surface area contributed by atoms with Gasteiger partial charge in [0, 0.05) is 29.2 Å². The lowest BCUT2D eigenvalue weighted by atomic mass is 9.82. The molecule has 0 atom stereocenters. The first kappa shape index (κ1) is 16.0. The van der Waals surface area contributed by atoms with Gasteiger partial charge < -0.3 is 25.5 Å². The van der Waals surface area contributed by atoms with E-state index in [1.54, 1.807) is 0 Å². The lowest BCUT2D eigenvalue weighted by Gasteiger charge is -2.20. The standard InChI is InChI=1S/C17H14O7/c18-8-4-11-15(13(20)5-8)17(24)9-3-7(1-2-14(21)22)12(19)6-10(9)16(11)23/h3-6,14,18-22H,1-2H2. The largest absolute Gasteiger partial charge is 0.508 e. The normalized spacial score (nSPS) is 13.1. The molecule has 7 nitrogen and oxygen atoms in total. The van der Waals surface area contributed by atoms with Crippen molar-refractivity contribution in [2.45, 2.75) is 19.1 Å². The zero-order valence-corrected chi connectivity index (χ0v) is 12.4. The predicted molar refractivity (Wildman–Crippen MR) is 81.3 cm³/mol. The maximum atomic E-state index is 12.6. The minimum absolute atomic E-state index is 0.00807. The first-order valence-electron chi connectivity index (χ1n) is 7.17. The highest BCUT2D eigenvalue weighted by Crippen LogP contribution is 2.37. The van der Waals surface area contributed by atoms with Crippen LogP contribution < -0.4 is 0 Å². The quantitative estimate of drug-likeness (QED) is 0.449. The van der Waals surface area contributed by atoms with Crippen molar-refractivity contribution in [2.75, 3.05) is 0 Å². The van der Waals surface area contributed by atoms with E-state index in [-0.39, 0.29) is 52.2 Å². The Morgan fingerprint density at radius 2 is 1.46 bits per heavy atom. The van der Waals surface area contributed by atoms with Crippen molar-refractivity contribution < 1.29 is 35.1 Å². The van der Waals surface area contributed by atoms with E-state index >= 15 is 0 Å². The molecule has 2 aromatic carbocycles. The Hall–Kier alpha value is -2.90. The van der Waals surface area contributed by atoms with Crippen molar-refractivity contribution in [3.63, 3.8) is 0 Å². The summed E-state index contributed by atoms with van der Waals surface area (Å²) in [7, 11) is 0. The minimum atomic E-state index is -1.56. The number of ketones is 2. The van der Waals surface area contributed by atoms with Gasteiger partial charge in [0.25, 0.3) is 0 Å². The zero-order valence-electron chi connectivity index (χ0n) is 12.4. The fraction of sp³-hybridized carbons (Fsp3) is 0.176. The minimum Gasteiger partial charge on any atom is -0.508 e. The van der Waals surface area contributed by atoms with Gasteiger partial charge in [-0.3, -0.25) is 9.59 Å². The second-order valence-electron chi connectivity index (χ2n) is 5.59. The van der Waals surface area contributed by atoms with Crippen LogP contribution in [0.15, 0.2) is 24.3 Å². The summed E-state index contributed by atoms with van der Waals surface area (Å²) in [5.74, 6) is -2.32. The molecule has 7 heteroatoms. The van der Waals surface area contributed by atoms with Crippen molar-refractivity contribution in [2.24, 2.45) is 0 Å². The number of phenols is 3. The molecule has 0 heterocycles. The highest BCUT2D eigenvalue weighted by atomic mass is 16.5. The molecule has 0 unspecified atom stereocenters. The Morgan fingerprint density at radius 3 is 2.12 bits per heavy atom. The number of aliphatic hydroxyl groups is 2. The highest BCUT2D eigenvalue weighted by molar-refractivity contribution is 6.29. The van der Waals surface area contributed by atoms with Crippen LogP contribution >= 0.6 is 0 Å². The summed E-state index contributed by atoms with van der Waals surface area (Å²) in [4.78, 5) is 25.1. The van der Waals surface area contributed by atoms with Gasteiger partial charge in [-0.15, -0.1) is 0 Å². The third-order valence-electron chi connectivity index (χ3n) is 3.95. The van der Waals surface area contributed by atoms with Crippen LogP contribution in [0.25, 0.3) is 0 Å². The number of aromatic hydroxyl groups is 3. The number of hydrogen-bond acceptors (Lipinski definition) is 7. The van der Waals surface area contributed by atoms with Crippen molar-refractivity contribution in [1.82, 2.24) is 0 Å². The first-order valence-corrected chi connectivity index (χ1v) is 7.17. The van der Waals surface area contributed by atoms with Gasteiger partial charge >= 0.3 is 0 Å². The fourth-order valence-electron chi connectivity index (χ4n) is 2.80. The average Bonchev–Trinajstić information content (AvgIpc) is 2.50. The summed E-state index contributed by atoms with van der Waals surface area (Å²) in [6, 6.07) is 4.50. The Morgan fingerprint density at radius 1 is 0.792 bits per heavy atom. The summed E-state index contributed by atoms with van der Waals surface area (Å²) >= 11 is 0. The molecule has 0 radical (unpaired) electrons. The van der Waals surface area contributed by atoms with Gasteiger partial charge in [-0.05, 0) is 30.2 Å². The summed E-state index contributed by atoms with van der Waals surface area (Å²) in [6.07, 6.45) is -1.53. The number of carbonyl (C=O) groups is 2.